The molecule has 0 amide bonds. The lowest BCUT2D eigenvalue weighted by Gasteiger charge is -1.95. The van der Waals surface area contributed by atoms with Gasteiger partial charge in [0.2, 0.25) is 0 Å². The van der Waals surface area contributed by atoms with Crippen LogP contribution in [0.3, 0.4) is 0 Å². The van der Waals surface area contributed by atoms with E-state index in [9.17, 15) is 4.39 Å². The molecular formula is C9H10FN. The molecule has 0 spiro atoms. The Morgan fingerprint density at radius 1 is 1.27 bits per heavy atom. The summed E-state index contributed by atoms with van der Waals surface area (Å²) >= 11 is 0. The molecule has 58 valence electrons. The van der Waals surface area contributed by atoms with Crippen molar-refractivity contribution < 1.29 is 4.39 Å². The maximum absolute atomic E-state index is 12.6. The molecule has 1 aromatic carbocycles. The third-order valence-corrected chi connectivity index (χ3v) is 2.13. The summed E-state index contributed by atoms with van der Waals surface area (Å²) in [6.07, 6.45) is 1.72. The Labute approximate surface area is 65.0 Å². The number of halogens is 1. The molecule has 2 N–H and O–H groups in total. The molecule has 0 aromatic heterocycles. The minimum Gasteiger partial charge on any atom is -0.327 e. The molecule has 0 unspecified atom stereocenters. The molecule has 2 rings (SSSR count). The van der Waals surface area contributed by atoms with Gasteiger partial charge < -0.3 is 5.73 Å². The number of hydrogen-bond acceptors (Lipinski definition) is 1. The number of hydrogen-bond donors (Lipinski definition) is 1. The highest BCUT2D eigenvalue weighted by Gasteiger charge is 2.17. The number of benzene rings is 1. The highest BCUT2D eigenvalue weighted by atomic mass is 19.1. The highest BCUT2D eigenvalue weighted by molar-refractivity contribution is 5.33. The van der Waals surface area contributed by atoms with Crippen LogP contribution in [-0.2, 0) is 12.8 Å². The summed E-state index contributed by atoms with van der Waals surface area (Å²) in [4.78, 5) is 0. The second-order valence-electron chi connectivity index (χ2n) is 3.08. The molecule has 0 fully saturated rings. The fourth-order valence-corrected chi connectivity index (χ4v) is 1.62. The Hall–Kier alpha value is -0.890. The smallest absolute Gasteiger partial charge is 0.123 e. The Kier molecular flexibility index (Phi) is 1.43. The van der Waals surface area contributed by atoms with Crippen LogP contribution < -0.4 is 5.73 Å². The summed E-state index contributed by atoms with van der Waals surface area (Å²) in [6.45, 7) is 0. The third kappa shape index (κ3) is 1.14. The average Bonchev–Trinajstić information content (AvgIpc) is 2.27. The Morgan fingerprint density at radius 2 is 2.00 bits per heavy atom. The van der Waals surface area contributed by atoms with Crippen molar-refractivity contribution in [1.82, 2.24) is 0 Å². The van der Waals surface area contributed by atoms with Crippen LogP contribution in [0.4, 0.5) is 4.39 Å². The predicted molar refractivity (Wildman–Crippen MR) is 41.8 cm³/mol. The van der Waals surface area contributed by atoms with Crippen molar-refractivity contribution >= 4 is 0 Å². The predicted octanol–water partition coefficient (Wildman–Crippen LogP) is 1.25. The summed E-state index contributed by atoms with van der Waals surface area (Å²) in [5.74, 6) is -0.155. The lowest BCUT2D eigenvalue weighted by Crippen LogP contribution is -2.18. The van der Waals surface area contributed by atoms with Gasteiger partial charge in [0.15, 0.2) is 0 Å². The van der Waals surface area contributed by atoms with Crippen LogP contribution in [0.25, 0.3) is 0 Å². The summed E-state index contributed by atoms with van der Waals surface area (Å²) in [5, 5.41) is 0. The Balaban J connectivity index is 2.43. The van der Waals surface area contributed by atoms with Crippen molar-refractivity contribution in [3.8, 4) is 0 Å². The van der Waals surface area contributed by atoms with Gasteiger partial charge in [0.1, 0.15) is 5.82 Å². The average molecular weight is 151 g/mol. The van der Waals surface area contributed by atoms with Gasteiger partial charge in [-0.3, -0.25) is 0 Å². The minimum atomic E-state index is -0.155. The number of rotatable bonds is 0. The van der Waals surface area contributed by atoms with E-state index in [1.165, 1.54) is 11.6 Å². The topological polar surface area (TPSA) is 26.0 Å². The summed E-state index contributed by atoms with van der Waals surface area (Å²) < 4.78 is 12.6. The lowest BCUT2D eigenvalue weighted by molar-refractivity contribution is 0.625. The van der Waals surface area contributed by atoms with Gasteiger partial charge in [0.05, 0.1) is 0 Å². The number of nitrogens with two attached hydrogens (primary N) is 1. The molecule has 0 bridgehead atoms. The van der Waals surface area contributed by atoms with Crippen molar-refractivity contribution in [1.29, 1.82) is 0 Å². The first-order valence-corrected chi connectivity index (χ1v) is 3.78. The van der Waals surface area contributed by atoms with Gasteiger partial charge >= 0.3 is 0 Å². The van der Waals surface area contributed by atoms with Crippen LogP contribution in [-0.4, -0.2) is 6.04 Å². The zero-order chi connectivity index (χ0) is 7.84. The van der Waals surface area contributed by atoms with Crippen LogP contribution in [0.2, 0.25) is 0 Å². The van der Waals surface area contributed by atoms with E-state index in [4.69, 9.17) is 5.73 Å². The standard InChI is InChI=1S/C9H10FN/c10-8-2-1-6-4-9(11)5-7(6)3-8/h1-3,9H,4-5,11H2/t9-/m0/s1. The van der Waals surface area contributed by atoms with E-state index in [1.54, 1.807) is 6.07 Å². The second-order valence-corrected chi connectivity index (χ2v) is 3.08. The molecule has 11 heavy (non-hydrogen) atoms. The SMILES string of the molecule is N[C@H]1Cc2ccc(F)cc2C1. The summed E-state index contributed by atoms with van der Waals surface area (Å²) in [5.41, 5.74) is 8.00. The first kappa shape index (κ1) is 6.80. The van der Waals surface area contributed by atoms with E-state index in [1.807, 2.05) is 6.07 Å². The molecule has 0 saturated heterocycles. The molecule has 0 saturated carbocycles. The maximum Gasteiger partial charge on any atom is 0.123 e. The molecule has 1 nitrogen and oxygen atoms in total. The minimum absolute atomic E-state index is 0.155. The molecule has 0 heterocycles. The quantitative estimate of drug-likeness (QED) is 0.593. The monoisotopic (exact) mass is 151 g/mol. The molecule has 1 atom stereocenters. The normalized spacial score (nSPS) is 21.8. The zero-order valence-electron chi connectivity index (χ0n) is 6.18. The van der Waals surface area contributed by atoms with Gasteiger partial charge in [-0.2, -0.15) is 0 Å². The molecule has 1 aliphatic carbocycles. The molecule has 2 heteroatoms. The van der Waals surface area contributed by atoms with E-state index in [-0.39, 0.29) is 11.9 Å². The van der Waals surface area contributed by atoms with Crippen LogP contribution >= 0.6 is 0 Å². The third-order valence-electron chi connectivity index (χ3n) is 2.13. The van der Waals surface area contributed by atoms with E-state index < -0.39 is 0 Å². The van der Waals surface area contributed by atoms with Crippen LogP contribution in [0.1, 0.15) is 11.1 Å². The van der Waals surface area contributed by atoms with E-state index in [2.05, 4.69) is 0 Å². The van der Waals surface area contributed by atoms with Crippen LogP contribution in [0.15, 0.2) is 18.2 Å². The van der Waals surface area contributed by atoms with E-state index in [0.29, 0.717) is 0 Å². The first-order chi connectivity index (χ1) is 5.25. The van der Waals surface area contributed by atoms with E-state index in [0.717, 1.165) is 18.4 Å². The fraction of sp³-hybridized carbons (Fsp3) is 0.333. The van der Waals surface area contributed by atoms with Crippen LogP contribution in [0, 0.1) is 5.82 Å². The van der Waals surface area contributed by atoms with Crippen molar-refractivity contribution in [3.63, 3.8) is 0 Å². The van der Waals surface area contributed by atoms with Crippen molar-refractivity contribution in [2.24, 2.45) is 5.73 Å². The molecule has 1 aliphatic rings. The number of fused-ring (bicyclic) bond motifs is 1. The molecule has 1 aromatic rings. The summed E-state index contributed by atoms with van der Waals surface area (Å²) in [6, 6.07) is 5.11. The first-order valence-electron chi connectivity index (χ1n) is 3.78. The molecular weight excluding hydrogens is 141 g/mol. The zero-order valence-corrected chi connectivity index (χ0v) is 6.18. The van der Waals surface area contributed by atoms with Gasteiger partial charge in [-0.15, -0.1) is 0 Å². The largest absolute Gasteiger partial charge is 0.327 e. The fourth-order valence-electron chi connectivity index (χ4n) is 1.62. The molecule has 0 aliphatic heterocycles. The second kappa shape index (κ2) is 2.31. The van der Waals surface area contributed by atoms with Gasteiger partial charge in [-0.1, -0.05) is 6.07 Å². The van der Waals surface area contributed by atoms with Crippen molar-refractivity contribution in [3.05, 3.63) is 35.1 Å². The van der Waals surface area contributed by atoms with Gasteiger partial charge in [-0.25, -0.2) is 4.39 Å². The maximum atomic E-state index is 12.6. The van der Waals surface area contributed by atoms with Gasteiger partial charge in [0.25, 0.3) is 0 Å². The molecule has 0 radical (unpaired) electrons. The van der Waals surface area contributed by atoms with Crippen molar-refractivity contribution in [2.75, 3.05) is 0 Å². The van der Waals surface area contributed by atoms with Crippen molar-refractivity contribution in [2.45, 2.75) is 18.9 Å². The van der Waals surface area contributed by atoms with Gasteiger partial charge in [-0.05, 0) is 36.1 Å². The van der Waals surface area contributed by atoms with Crippen LogP contribution in [0.5, 0.6) is 0 Å². The Bertz CT molecular complexity index is 283. The van der Waals surface area contributed by atoms with E-state index >= 15 is 0 Å². The highest BCUT2D eigenvalue weighted by Crippen LogP contribution is 2.21. The van der Waals surface area contributed by atoms with Gasteiger partial charge in [0, 0.05) is 6.04 Å². The lowest BCUT2D eigenvalue weighted by atomic mass is 10.1. The summed E-state index contributed by atoms with van der Waals surface area (Å²) in [7, 11) is 0. The Morgan fingerprint density at radius 3 is 2.82 bits per heavy atom.